The molecule has 0 bridgehead atoms. The fourth-order valence-electron chi connectivity index (χ4n) is 2.94. The van der Waals surface area contributed by atoms with Gasteiger partial charge in [0.1, 0.15) is 16.5 Å². The molecule has 0 amide bonds. The number of rotatable bonds is 4. The number of halogens is 1. The number of sulfonamides is 1. The van der Waals surface area contributed by atoms with Gasteiger partial charge in [0.15, 0.2) is 0 Å². The highest BCUT2D eigenvalue weighted by Gasteiger charge is 2.38. The summed E-state index contributed by atoms with van der Waals surface area (Å²) in [6.45, 7) is 2.78. The minimum absolute atomic E-state index is 0. The third kappa shape index (κ3) is 3.50. The Bertz CT molecular complexity index is 892. The van der Waals surface area contributed by atoms with Crippen LogP contribution in [-0.2, 0) is 21.8 Å². The van der Waals surface area contributed by atoms with Crippen LogP contribution in [0.3, 0.4) is 0 Å². The summed E-state index contributed by atoms with van der Waals surface area (Å²) in [6, 6.07) is 0.767. The number of imidazole rings is 1. The lowest BCUT2D eigenvalue weighted by molar-refractivity contribution is 0.0563. The van der Waals surface area contributed by atoms with Crippen LogP contribution in [0.2, 0.25) is 0 Å². The number of piperazine rings is 1. The number of methoxy groups -OCH3 is 1. The molecule has 0 saturated carbocycles. The largest absolute Gasteiger partial charge is 0.463 e. The number of nitrogens with zero attached hydrogens (tertiary/aromatic N) is 3. The van der Waals surface area contributed by atoms with Crippen molar-refractivity contribution < 1.29 is 22.4 Å². The molecular formula is C15H21ClN4O5S. The Morgan fingerprint density at radius 2 is 2.19 bits per heavy atom. The molecule has 1 saturated heterocycles. The molecule has 0 aromatic carbocycles. The molecule has 1 aliphatic rings. The van der Waals surface area contributed by atoms with E-state index < -0.39 is 22.0 Å². The SMILES string of the molecule is COC(=O)c1cc(S(=O)(=O)N2CCNCC2c2nccn2C)c(C)o1.Cl. The monoisotopic (exact) mass is 404 g/mol. The third-order valence-corrected chi connectivity index (χ3v) is 6.21. The number of aryl methyl sites for hydroxylation is 2. The molecule has 0 radical (unpaired) electrons. The Morgan fingerprint density at radius 3 is 2.81 bits per heavy atom. The van der Waals surface area contributed by atoms with Gasteiger partial charge in [-0.1, -0.05) is 0 Å². The van der Waals surface area contributed by atoms with Gasteiger partial charge in [0.05, 0.1) is 13.2 Å². The molecule has 144 valence electrons. The first-order chi connectivity index (χ1) is 11.9. The van der Waals surface area contributed by atoms with E-state index in [-0.39, 0.29) is 35.4 Å². The Hall–Kier alpha value is -1.88. The molecule has 1 atom stereocenters. The van der Waals surface area contributed by atoms with Crippen molar-refractivity contribution in [3.8, 4) is 0 Å². The normalized spacial score (nSPS) is 18.3. The highest BCUT2D eigenvalue weighted by molar-refractivity contribution is 7.89. The zero-order chi connectivity index (χ0) is 18.2. The molecule has 1 N–H and O–H groups in total. The van der Waals surface area contributed by atoms with Crippen LogP contribution in [0.25, 0.3) is 0 Å². The van der Waals surface area contributed by atoms with Gasteiger partial charge < -0.3 is 19.0 Å². The summed E-state index contributed by atoms with van der Waals surface area (Å²) in [5.41, 5.74) is 0. The van der Waals surface area contributed by atoms with Crippen LogP contribution in [0.1, 0.15) is 28.2 Å². The number of carbonyl (C=O) groups is 1. The third-order valence-electron chi connectivity index (χ3n) is 4.20. The van der Waals surface area contributed by atoms with E-state index in [0.717, 1.165) is 0 Å². The van der Waals surface area contributed by atoms with Crippen molar-refractivity contribution in [3.05, 3.63) is 35.8 Å². The minimum atomic E-state index is -3.87. The second-order valence-corrected chi connectivity index (χ2v) is 7.61. The summed E-state index contributed by atoms with van der Waals surface area (Å²) >= 11 is 0. The van der Waals surface area contributed by atoms with Gasteiger partial charge in [0.25, 0.3) is 0 Å². The smallest absolute Gasteiger partial charge is 0.373 e. The van der Waals surface area contributed by atoms with Gasteiger partial charge in [-0.3, -0.25) is 0 Å². The Morgan fingerprint density at radius 1 is 1.46 bits per heavy atom. The molecule has 3 rings (SSSR count). The standard InChI is InChI=1S/C15H20N4O5S.ClH/c1-10-13(8-12(24-10)15(20)23-3)25(21,22)19-7-4-16-9-11(19)14-17-5-6-18(14)2;/h5-6,8,11,16H,4,7,9H2,1-3H3;1H. The van der Waals surface area contributed by atoms with Gasteiger partial charge >= 0.3 is 5.97 Å². The predicted octanol–water partition coefficient (Wildman–Crippen LogP) is 0.865. The van der Waals surface area contributed by atoms with E-state index >= 15 is 0 Å². The van der Waals surface area contributed by atoms with E-state index in [0.29, 0.717) is 18.9 Å². The number of carbonyl (C=O) groups excluding carboxylic acids is 1. The molecule has 9 nitrogen and oxygen atoms in total. The molecule has 2 aromatic heterocycles. The zero-order valence-electron chi connectivity index (χ0n) is 14.6. The predicted molar refractivity (Wildman–Crippen MR) is 94.7 cm³/mol. The Labute approximate surface area is 157 Å². The van der Waals surface area contributed by atoms with Crippen LogP contribution >= 0.6 is 12.4 Å². The maximum Gasteiger partial charge on any atom is 0.373 e. The number of esters is 1. The first-order valence-electron chi connectivity index (χ1n) is 7.74. The zero-order valence-corrected chi connectivity index (χ0v) is 16.3. The minimum Gasteiger partial charge on any atom is -0.463 e. The number of aromatic nitrogens is 2. The maximum atomic E-state index is 13.2. The van der Waals surface area contributed by atoms with Gasteiger partial charge in [-0.05, 0) is 6.92 Å². The molecule has 1 aliphatic heterocycles. The number of furan rings is 1. The summed E-state index contributed by atoms with van der Waals surface area (Å²) in [5.74, 6) is -0.0598. The van der Waals surface area contributed by atoms with E-state index in [2.05, 4.69) is 15.0 Å². The number of hydrogen-bond donors (Lipinski definition) is 1. The van der Waals surface area contributed by atoms with Crippen molar-refractivity contribution in [2.24, 2.45) is 7.05 Å². The van der Waals surface area contributed by atoms with Crippen molar-refractivity contribution in [1.82, 2.24) is 19.2 Å². The Balaban J connectivity index is 0.00000243. The van der Waals surface area contributed by atoms with Crippen LogP contribution in [-0.4, -0.2) is 55.0 Å². The van der Waals surface area contributed by atoms with Crippen molar-refractivity contribution in [2.75, 3.05) is 26.7 Å². The van der Waals surface area contributed by atoms with Crippen molar-refractivity contribution in [2.45, 2.75) is 17.9 Å². The number of ether oxygens (including phenoxy) is 1. The Kier molecular flexibility index (Phi) is 6.12. The lowest BCUT2D eigenvalue weighted by atomic mass is 10.2. The van der Waals surface area contributed by atoms with Crippen LogP contribution in [0.5, 0.6) is 0 Å². The maximum absolute atomic E-state index is 13.2. The molecule has 3 heterocycles. The average molecular weight is 405 g/mol. The summed E-state index contributed by atoms with van der Waals surface area (Å²) in [4.78, 5) is 15.9. The van der Waals surface area contributed by atoms with Gasteiger partial charge in [-0.25, -0.2) is 18.2 Å². The molecular weight excluding hydrogens is 384 g/mol. The van der Waals surface area contributed by atoms with Gasteiger partial charge in [-0.2, -0.15) is 4.31 Å². The van der Waals surface area contributed by atoms with Gasteiger partial charge in [-0.15, -0.1) is 12.4 Å². The van der Waals surface area contributed by atoms with E-state index in [1.54, 1.807) is 17.0 Å². The first kappa shape index (κ1) is 20.4. The van der Waals surface area contributed by atoms with Crippen LogP contribution in [0, 0.1) is 6.92 Å². The average Bonchev–Trinajstić information content (AvgIpc) is 3.20. The van der Waals surface area contributed by atoms with Crippen LogP contribution in [0.15, 0.2) is 27.8 Å². The highest BCUT2D eigenvalue weighted by atomic mass is 35.5. The van der Waals surface area contributed by atoms with Gasteiger partial charge in [0.2, 0.25) is 15.8 Å². The second kappa shape index (κ2) is 7.78. The van der Waals surface area contributed by atoms with E-state index in [9.17, 15) is 13.2 Å². The molecule has 1 fully saturated rings. The van der Waals surface area contributed by atoms with Gasteiger partial charge in [0, 0.05) is 45.1 Å². The van der Waals surface area contributed by atoms with Crippen molar-refractivity contribution >= 4 is 28.4 Å². The lowest BCUT2D eigenvalue weighted by Crippen LogP contribution is -2.49. The van der Waals surface area contributed by atoms with Crippen molar-refractivity contribution in [3.63, 3.8) is 0 Å². The van der Waals surface area contributed by atoms with E-state index in [4.69, 9.17) is 4.42 Å². The molecule has 0 aliphatic carbocycles. The molecule has 11 heteroatoms. The molecule has 1 unspecified atom stereocenters. The summed E-state index contributed by atoms with van der Waals surface area (Å²) in [5, 5.41) is 3.19. The molecule has 26 heavy (non-hydrogen) atoms. The summed E-state index contributed by atoms with van der Waals surface area (Å²) in [7, 11) is -0.837. The van der Waals surface area contributed by atoms with Crippen molar-refractivity contribution in [1.29, 1.82) is 0 Å². The summed E-state index contributed by atoms with van der Waals surface area (Å²) in [6.07, 6.45) is 3.40. The van der Waals surface area contributed by atoms with Crippen LogP contribution in [0.4, 0.5) is 0 Å². The topological polar surface area (TPSA) is 107 Å². The quantitative estimate of drug-likeness (QED) is 0.753. The number of nitrogens with one attached hydrogen (secondary N) is 1. The highest BCUT2D eigenvalue weighted by Crippen LogP contribution is 2.31. The lowest BCUT2D eigenvalue weighted by Gasteiger charge is -2.34. The molecule has 2 aromatic rings. The second-order valence-electron chi connectivity index (χ2n) is 5.75. The van der Waals surface area contributed by atoms with E-state index in [1.165, 1.54) is 24.4 Å². The van der Waals surface area contributed by atoms with E-state index in [1.807, 2.05) is 7.05 Å². The fourth-order valence-corrected chi connectivity index (χ4v) is 4.69. The first-order valence-corrected chi connectivity index (χ1v) is 9.18. The summed E-state index contributed by atoms with van der Waals surface area (Å²) < 4.78 is 39.5. The fraction of sp³-hybridized carbons (Fsp3) is 0.467. The number of hydrogen-bond acceptors (Lipinski definition) is 7. The van der Waals surface area contributed by atoms with Crippen LogP contribution < -0.4 is 5.32 Å². The molecule has 0 spiro atoms.